The van der Waals surface area contributed by atoms with Crippen LogP contribution in [-0.2, 0) is 27.5 Å². The summed E-state index contributed by atoms with van der Waals surface area (Å²) in [5, 5.41) is 20.5. The van der Waals surface area contributed by atoms with E-state index in [1.807, 2.05) is 6.07 Å². The number of imidazole rings is 1. The average molecular weight is 690 g/mol. The van der Waals surface area contributed by atoms with Gasteiger partial charge in [-0.3, -0.25) is 14.2 Å². The summed E-state index contributed by atoms with van der Waals surface area (Å²) in [5.41, 5.74) is 6.65. The Hall–Kier alpha value is -5.93. The molecule has 4 rings (SSSR count). The monoisotopic (exact) mass is 689 g/mol. The molecule has 0 aliphatic rings. The van der Waals surface area contributed by atoms with Crippen molar-refractivity contribution in [1.82, 2.24) is 35.5 Å². The second kappa shape index (κ2) is 17.5. The lowest BCUT2D eigenvalue weighted by Gasteiger charge is -2.25. The summed E-state index contributed by atoms with van der Waals surface area (Å²) >= 11 is 0. The number of amides is 3. The molecule has 2 aromatic carbocycles. The number of rotatable bonds is 18. The average Bonchev–Trinajstić information content (AvgIpc) is 3.41. The van der Waals surface area contributed by atoms with Gasteiger partial charge in [-0.05, 0) is 55.9 Å². The summed E-state index contributed by atoms with van der Waals surface area (Å²) in [5.74, 6) is -1.58. The van der Waals surface area contributed by atoms with Gasteiger partial charge in [-0.1, -0.05) is 55.8 Å². The number of carbonyl (C=O) groups excluding carboxylic acids is 3. The van der Waals surface area contributed by atoms with E-state index in [1.54, 1.807) is 48.5 Å². The number of carboxylic acids is 1. The number of nitrogens with zero attached hydrogens (tertiary/aromatic N) is 3. The van der Waals surface area contributed by atoms with Crippen molar-refractivity contribution in [2.24, 2.45) is 0 Å². The molecule has 0 saturated carbocycles. The molecule has 4 aromatic rings. The zero-order chi connectivity index (χ0) is 36.1. The highest BCUT2D eigenvalue weighted by molar-refractivity contribution is 5.96. The Kier molecular flexibility index (Phi) is 12.9. The van der Waals surface area contributed by atoms with Crippen LogP contribution in [0.2, 0.25) is 0 Å². The van der Waals surface area contributed by atoms with E-state index in [0.717, 1.165) is 24.0 Å². The first-order chi connectivity index (χ1) is 24.0. The van der Waals surface area contributed by atoms with Gasteiger partial charge in [-0.15, -0.1) is 0 Å². The number of nitrogens with two attached hydrogens (primary N) is 1. The molecule has 16 heteroatoms. The number of hydrogen-bond acceptors (Lipinski definition) is 10. The molecule has 266 valence electrons. The summed E-state index contributed by atoms with van der Waals surface area (Å²) in [4.78, 5) is 73.2. The number of aromatic amines is 1. The number of aromatic nitrogens is 4. The normalized spacial score (nSPS) is 12.1. The van der Waals surface area contributed by atoms with E-state index in [4.69, 9.17) is 10.5 Å². The predicted octanol–water partition coefficient (Wildman–Crippen LogP) is 2.75. The molecule has 0 fully saturated rings. The maximum atomic E-state index is 12.7. The van der Waals surface area contributed by atoms with Gasteiger partial charge >= 0.3 is 17.8 Å². The Morgan fingerprint density at radius 2 is 1.70 bits per heavy atom. The number of carbonyl (C=O) groups is 4. The molecule has 2 aromatic heterocycles. The molecule has 0 bridgehead atoms. The zero-order valence-electron chi connectivity index (χ0n) is 28.1. The number of hydrogen-bond donors (Lipinski definition) is 7. The number of H-pyrrole nitrogens is 1. The highest BCUT2D eigenvalue weighted by Gasteiger charge is 2.35. The number of unbranched alkanes of at least 4 members (excludes halogenated alkanes) is 2. The number of aliphatic carboxylic acids is 1. The minimum absolute atomic E-state index is 0.00912. The van der Waals surface area contributed by atoms with Crippen molar-refractivity contribution in [2.75, 3.05) is 30.7 Å². The summed E-state index contributed by atoms with van der Waals surface area (Å²) in [6.45, 7) is 4.31. The maximum Gasteiger partial charge on any atom is 0.408 e. The van der Waals surface area contributed by atoms with E-state index in [-0.39, 0.29) is 38.5 Å². The molecule has 0 unspecified atom stereocenters. The first kappa shape index (κ1) is 36.9. The lowest BCUT2D eigenvalue weighted by atomic mass is 9.95. The fraction of sp³-hybridized carbons (Fsp3) is 0.382. The standard InChI is InChI=1S/C34H43N9O7/c1-3-4-17-37-31-40-27(35)26-28(41-31)43(32(48)39-26)20-22-12-14-24(15-13-22)29(45)38-19-25(44)36-18-9-8-16-34(2,30(46)47)42-33(49)50-21-23-10-6-5-7-11-23/h5-7,10-15H,3-4,8-9,16-21H2,1-2H3,(H,36,44)(H,38,45)(H,39,48)(H,42,49)(H,46,47)(H3,35,37,40,41)/t34-/m0/s1. The molecule has 3 amide bonds. The van der Waals surface area contributed by atoms with Crippen molar-refractivity contribution >= 4 is 46.8 Å². The van der Waals surface area contributed by atoms with Gasteiger partial charge in [-0.2, -0.15) is 9.97 Å². The third-order valence-corrected chi connectivity index (χ3v) is 7.92. The summed E-state index contributed by atoms with van der Waals surface area (Å²) < 4.78 is 6.59. The van der Waals surface area contributed by atoms with Crippen molar-refractivity contribution in [1.29, 1.82) is 0 Å². The molecular formula is C34H43N9O7. The number of carboxylic acid groups (broad SMARTS) is 1. The van der Waals surface area contributed by atoms with Crippen LogP contribution in [0.3, 0.4) is 0 Å². The van der Waals surface area contributed by atoms with Crippen LogP contribution >= 0.6 is 0 Å². The van der Waals surface area contributed by atoms with Crippen molar-refractivity contribution in [2.45, 2.75) is 64.6 Å². The number of nitrogens with one attached hydrogen (secondary N) is 5. The van der Waals surface area contributed by atoms with Crippen molar-refractivity contribution in [3.8, 4) is 0 Å². The third kappa shape index (κ3) is 10.3. The number of benzene rings is 2. The van der Waals surface area contributed by atoms with E-state index in [9.17, 15) is 29.1 Å². The summed E-state index contributed by atoms with van der Waals surface area (Å²) in [6, 6.07) is 15.6. The lowest BCUT2D eigenvalue weighted by Crippen LogP contribution is -2.52. The fourth-order valence-electron chi connectivity index (χ4n) is 4.96. The second-order valence-electron chi connectivity index (χ2n) is 11.9. The van der Waals surface area contributed by atoms with Gasteiger partial charge < -0.3 is 41.8 Å². The third-order valence-electron chi connectivity index (χ3n) is 7.92. The highest BCUT2D eigenvalue weighted by atomic mass is 16.5. The van der Waals surface area contributed by atoms with Crippen LogP contribution < -0.4 is 32.7 Å². The van der Waals surface area contributed by atoms with E-state index < -0.39 is 35.1 Å². The first-order valence-electron chi connectivity index (χ1n) is 16.3. The lowest BCUT2D eigenvalue weighted by molar-refractivity contribution is -0.144. The molecule has 2 heterocycles. The topological polar surface area (TPSA) is 235 Å². The molecule has 8 N–H and O–H groups in total. The molecule has 0 aliphatic heterocycles. The van der Waals surface area contributed by atoms with Crippen LogP contribution in [-0.4, -0.2) is 73.7 Å². The Labute approximate surface area is 288 Å². The minimum atomic E-state index is -1.55. The maximum absolute atomic E-state index is 12.7. The number of ether oxygens (including phenoxy) is 1. The smallest absolute Gasteiger partial charge is 0.408 e. The van der Waals surface area contributed by atoms with Crippen LogP contribution in [0, 0.1) is 0 Å². The molecule has 0 radical (unpaired) electrons. The molecule has 0 saturated heterocycles. The Balaban J connectivity index is 1.19. The van der Waals surface area contributed by atoms with Crippen LogP contribution in [0.25, 0.3) is 11.2 Å². The highest BCUT2D eigenvalue weighted by Crippen LogP contribution is 2.18. The van der Waals surface area contributed by atoms with E-state index in [0.29, 0.717) is 42.1 Å². The predicted molar refractivity (Wildman–Crippen MR) is 187 cm³/mol. The summed E-state index contributed by atoms with van der Waals surface area (Å²) in [6.07, 6.45) is 2.03. The van der Waals surface area contributed by atoms with Gasteiger partial charge in [0, 0.05) is 18.7 Å². The molecule has 16 nitrogen and oxygen atoms in total. The van der Waals surface area contributed by atoms with Gasteiger partial charge in [0.25, 0.3) is 5.91 Å². The van der Waals surface area contributed by atoms with Gasteiger partial charge in [0.05, 0.1) is 13.1 Å². The molecule has 0 aliphatic carbocycles. The fourth-order valence-corrected chi connectivity index (χ4v) is 4.96. The van der Waals surface area contributed by atoms with Crippen LogP contribution in [0.15, 0.2) is 59.4 Å². The van der Waals surface area contributed by atoms with Crippen LogP contribution in [0.4, 0.5) is 16.6 Å². The first-order valence-corrected chi connectivity index (χ1v) is 16.3. The van der Waals surface area contributed by atoms with Crippen molar-refractivity contribution in [3.05, 3.63) is 81.8 Å². The SMILES string of the molecule is CCCCNc1nc(N)c2[nH]c(=O)n(Cc3ccc(C(=O)NCC(=O)NCCCC[C@](C)(NC(=O)OCc4ccccc4)C(=O)O)cc3)c2n1. The molecule has 50 heavy (non-hydrogen) atoms. The number of alkyl carbamates (subject to hydrolysis) is 1. The molecule has 0 spiro atoms. The molecular weight excluding hydrogens is 646 g/mol. The number of anilines is 2. The van der Waals surface area contributed by atoms with Crippen LogP contribution in [0.5, 0.6) is 0 Å². The molecule has 1 atom stereocenters. The van der Waals surface area contributed by atoms with E-state index in [2.05, 4.69) is 43.1 Å². The summed E-state index contributed by atoms with van der Waals surface area (Å²) in [7, 11) is 0. The van der Waals surface area contributed by atoms with Gasteiger partial charge in [0.2, 0.25) is 11.9 Å². The van der Waals surface area contributed by atoms with E-state index in [1.165, 1.54) is 11.5 Å². The Bertz CT molecular complexity index is 1840. The number of fused-ring (bicyclic) bond motifs is 1. The zero-order valence-corrected chi connectivity index (χ0v) is 28.1. The second-order valence-corrected chi connectivity index (χ2v) is 11.9. The number of nitrogen functional groups attached to an aromatic ring is 1. The van der Waals surface area contributed by atoms with Crippen LogP contribution in [0.1, 0.15) is 67.4 Å². The van der Waals surface area contributed by atoms with Gasteiger partial charge in [0.15, 0.2) is 11.5 Å². The minimum Gasteiger partial charge on any atom is -0.480 e. The van der Waals surface area contributed by atoms with Gasteiger partial charge in [0.1, 0.15) is 17.7 Å². The quantitative estimate of drug-likeness (QED) is 0.0750. The van der Waals surface area contributed by atoms with E-state index >= 15 is 0 Å². The van der Waals surface area contributed by atoms with Gasteiger partial charge in [-0.25, -0.2) is 14.4 Å². The Morgan fingerprint density at radius 3 is 2.40 bits per heavy atom. The van der Waals surface area contributed by atoms with Crippen molar-refractivity contribution in [3.63, 3.8) is 0 Å². The largest absolute Gasteiger partial charge is 0.480 e. The van der Waals surface area contributed by atoms with Crippen molar-refractivity contribution < 1.29 is 29.0 Å². The Morgan fingerprint density at radius 1 is 0.960 bits per heavy atom.